The summed E-state index contributed by atoms with van der Waals surface area (Å²) in [6.07, 6.45) is 7.91. The predicted octanol–water partition coefficient (Wildman–Crippen LogP) is 2.40. The molecule has 6 rings (SSSR count). The largest absolute Gasteiger partial charge is 0.467 e. The summed E-state index contributed by atoms with van der Waals surface area (Å²) >= 11 is 0. The summed E-state index contributed by atoms with van der Waals surface area (Å²) in [6, 6.07) is 11.8. The fourth-order valence-corrected chi connectivity index (χ4v) is 5.37. The standard InChI is InChI=1S/C24H23N3O4/c28-22(26-13-16-4-3-11-30-16)20-19-7-9-24(31-19)14-27(23(29)21(20)24)10-8-15-12-25-18-6-2-1-5-17(15)18/h1-7,9,11-12,19-21,25H,8,10,13-14H2,(H,26,28)/t19-,20-,21+,24-/m1/s1. The first-order chi connectivity index (χ1) is 15.1. The maximum atomic E-state index is 13.3. The van der Waals surface area contributed by atoms with Gasteiger partial charge in [-0.2, -0.15) is 0 Å². The second-order valence-electron chi connectivity index (χ2n) is 8.57. The van der Waals surface area contributed by atoms with Crippen LogP contribution in [-0.4, -0.2) is 46.5 Å². The molecule has 2 fully saturated rings. The van der Waals surface area contributed by atoms with E-state index in [1.165, 1.54) is 10.9 Å². The van der Waals surface area contributed by atoms with Gasteiger partial charge in [-0.05, 0) is 30.2 Å². The molecule has 2 amide bonds. The molecule has 31 heavy (non-hydrogen) atoms. The van der Waals surface area contributed by atoms with E-state index in [0.29, 0.717) is 25.4 Å². The Morgan fingerprint density at radius 3 is 3.03 bits per heavy atom. The number of H-pyrrole nitrogens is 1. The highest BCUT2D eigenvalue weighted by Gasteiger charge is 2.66. The Morgan fingerprint density at radius 1 is 1.26 bits per heavy atom. The van der Waals surface area contributed by atoms with Gasteiger partial charge < -0.3 is 24.4 Å². The van der Waals surface area contributed by atoms with E-state index in [2.05, 4.69) is 16.4 Å². The Labute approximate surface area is 179 Å². The average molecular weight is 417 g/mol. The van der Waals surface area contributed by atoms with E-state index < -0.39 is 17.4 Å². The van der Waals surface area contributed by atoms with E-state index in [0.717, 1.165) is 11.9 Å². The molecule has 3 aliphatic heterocycles. The van der Waals surface area contributed by atoms with Crippen LogP contribution in [0.3, 0.4) is 0 Å². The molecule has 3 aliphatic rings. The summed E-state index contributed by atoms with van der Waals surface area (Å²) in [5.74, 6) is -0.456. The van der Waals surface area contributed by atoms with E-state index in [9.17, 15) is 9.59 Å². The summed E-state index contributed by atoms with van der Waals surface area (Å²) in [7, 11) is 0. The number of para-hydroxylation sites is 1. The molecular weight excluding hydrogens is 394 g/mol. The van der Waals surface area contributed by atoms with Crippen LogP contribution in [0.2, 0.25) is 0 Å². The smallest absolute Gasteiger partial charge is 0.230 e. The summed E-state index contributed by atoms with van der Waals surface area (Å²) in [5, 5.41) is 4.09. The van der Waals surface area contributed by atoms with Crippen LogP contribution in [0.1, 0.15) is 11.3 Å². The minimum atomic E-state index is -0.686. The van der Waals surface area contributed by atoms with Crippen LogP contribution >= 0.6 is 0 Å². The van der Waals surface area contributed by atoms with Crippen LogP contribution in [0.5, 0.6) is 0 Å². The molecule has 2 aromatic heterocycles. The normalized spacial score (nSPS) is 28.6. The minimum Gasteiger partial charge on any atom is -0.467 e. The maximum absolute atomic E-state index is 13.3. The van der Waals surface area contributed by atoms with Gasteiger partial charge in [-0.25, -0.2) is 0 Å². The molecule has 0 unspecified atom stereocenters. The molecule has 2 bridgehead atoms. The number of rotatable bonds is 6. The van der Waals surface area contributed by atoms with Gasteiger partial charge >= 0.3 is 0 Å². The number of nitrogens with one attached hydrogen (secondary N) is 2. The summed E-state index contributed by atoms with van der Waals surface area (Å²) < 4.78 is 11.5. The highest BCUT2D eigenvalue weighted by Crippen LogP contribution is 2.51. The number of amides is 2. The maximum Gasteiger partial charge on any atom is 0.230 e. The first kappa shape index (κ1) is 18.4. The Morgan fingerprint density at radius 2 is 2.16 bits per heavy atom. The van der Waals surface area contributed by atoms with Crippen molar-refractivity contribution in [2.75, 3.05) is 13.1 Å². The van der Waals surface area contributed by atoms with Crippen LogP contribution in [0.15, 0.2) is 65.4 Å². The van der Waals surface area contributed by atoms with E-state index in [-0.39, 0.29) is 17.9 Å². The summed E-state index contributed by atoms with van der Waals surface area (Å²) in [6.45, 7) is 1.40. The van der Waals surface area contributed by atoms with E-state index in [1.54, 1.807) is 12.3 Å². The molecule has 158 valence electrons. The van der Waals surface area contributed by atoms with Crippen LogP contribution < -0.4 is 5.32 Å². The van der Waals surface area contributed by atoms with Gasteiger partial charge in [0.05, 0.1) is 37.3 Å². The number of nitrogens with zero attached hydrogens (tertiary/aromatic N) is 1. The summed E-state index contributed by atoms with van der Waals surface area (Å²) in [4.78, 5) is 31.5. The molecule has 7 heteroatoms. The number of fused-ring (bicyclic) bond motifs is 2. The van der Waals surface area contributed by atoms with Gasteiger partial charge in [-0.1, -0.05) is 30.4 Å². The van der Waals surface area contributed by atoms with Crippen molar-refractivity contribution < 1.29 is 18.7 Å². The lowest BCUT2D eigenvalue weighted by atomic mass is 9.77. The van der Waals surface area contributed by atoms with Gasteiger partial charge in [0.25, 0.3) is 0 Å². The Bertz CT molecular complexity index is 1180. The average Bonchev–Trinajstić information content (AvgIpc) is 3.58. The fraction of sp³-hybridized carbons (Fsp3) is 0.333. The zero-order valence-corrected chi connectivity index (χ0v) is 16.9. The van der Waals surface area contributed by atoms with Crippen molar-refractivity contribution in [2.45, 2.75) is 24.7 Å². The van der Waals surface area contributed by atoms with Gasteiger partial charge in [0.1, 0.15) is 11.4 Å². The molecule has 0 saturated carbocycles. The van der Waals surface area contributed by atoms with Crippen LogP contribution in [0.25, 0.3) is 10.9 Å². The monoisotopic (exact) mass is 417 g/mol. The molecular formula is C24H23N3O4. The Kier molecular flexibility index (Phi) is 4.08. The predicted molar refractivity (Wildman–Crippen MR) is 113 cm³/mol. The van der Waals surface area contributed by atoms with Crippen molar-refractivity contribution in [2.24, 2.45) is 11.8 Å². The van der Waals surface area contributed by atoms with Gasteiger partial charge in [0.2, 0.25) is 11.8 Å². The van der Waals surface area contributed by atoms with Crippen molar-refractivity contribution in [3.63, 3.8) is 0 Å². The van der Waals surface area contributed by atoms with Gasteiger partial charge in [0, 0.05) is 23.6 Å². The number of aromatic nitrogens is 1. The Hall–Kier alpha value is -3.32. The molecule has 0 radical (unpaired) electrons. The Balaban J connectivity index is 1.17. The number of likely N-dealkylation sites (tertiary alicyclic amines) is 1. The van der Waals surface area contributed by atoms with Crippen molar-refractivity contribution in [3.8, 4) is 0 Å². The zero-order valence-electron chi connectivity index (χ0n) is 16.9. The van der Waals surface area contributed by atoms with Gasteiger partial charge in [0.15, 0.2) is 0 Å². The minimum absolute atomic E-state index is 0.00448. The fourth-order valence-electron chi connectivity index (χ4n) is 5.37. The molecule has 3 aromatic rings. The van der Waals surface area contributed by atoms with Crippen molar-refractivity contribution >= 4 is 22.7 Å². The molecule has 7 nitrogen and oxygen atoms in total. The number of carbonyl (C=O) groups excluding carboxylic acids is 2. The number of aromatic amines is 1. The lowest BCUT2D eigenvalue weighted by molar-refractivity contribution is -0.137. The molecule has 4 atom stereocenters. The number of furan rings is 1. The third-order valence-electron chi connectivity index (χ3n) is 6.82. The number of hydrogen-bond donors (Lipinski definition) is 2. The molecule has 2 saturated heterocycles. The first-order valence-electron chi connectivity index (χ1n) is 10.7. The molecule has 2 N–H and O–H groups in total. The second kappa shape index (κ2) is 6.85. The van der Waals surface area contributed by atoms with Gasteiger partial charge in [-0.15, -0.1) is 0 Å². The van der Waals surface area contributed by atoms with E-state index in [4.69, 9.17) is 9.15 Å². The van der Waals surface area contributed by atoms with Crippen LogP contribution in [0.4, 0.5) is 0 Å². The third kappa shape index (κ3) is 2.84. The SMILES string of the molecule is O=C(NCc1ccco1)[C@H]1[C@H]2C(=O)N(CCc3c[nH]c4ccccc34)C[C@]23C=C[C@H]1O3. The zero-order chi connectivity index (χ0) is 21.0. The van der Waals surface area contributed by atoms with Crippen molar-refractivity contribution in [1.29, 1.82) is 0 Å². The molecule has 0 aliphatic carbocycles. The highest BCUT2D eigenvalue weighted by molar-refractivity contribution is 5.93. The number of ether oxygens (including phenoxy) is 1. The quantitative estimate of drug-likeness (QED) is 0.603. The second-order valence-corrected chi connectivity index (χ2v) is 8.57. The molecule has 1 spiro atoms. The van der Waals surface area contributed by atoms with Crippen LogP contribution in [0, 0.1) is 11.8 Å². The summed E-state index contributed by atoms with van der Waals surface area (Å²) in [5.41, 5.74) is 1.60. The first-order valence-corrected chi connectivity index (χ1v) is 10.7. The lowest BCUT2D eigenvalue weighted by Crippen LogP contribution is -2.44. The van der Waals surface area contributed by atoms with Crippen molar-refractivity contribution in [3.05, 3.63) is 72.3 Å². The lowest BCUT2D eigenvalue weighted by Gasteiger charge is -2.23. The third-order valence-corrected chi connectivity index (χ3v) is 6.82. The molecule has 5 heterocycles. The highest BCUT2D eigenvalue weighted by atomic mass is 16.5. The van der Waals surface area contributed by atoms with Crippen molar-refractivity contribution in [1.82, 2.24) is 15.2 Å². The van der Waals surface area contributed by atoms with E-state index in [1.807, 2.05) is 47.5 Å². The number of carbonyl (C=O) groups is 2. The topological polar surface area (TPSA) is 87.6 Å². The molecule has 1 aromatic carbocycles. The number of benzene rings is 1. The van der Waals surface area contributed by atoms with Crippen LogP contribution in [-0.2, 0) is 27.3 Å². The van der Waals surface area contributed by atoms with Gasteiger partial charge in [-0.3, -0.25) is 9.59 Å². The van der Waals surface area contributed by atoms with E-state index >= 15 is 0 Å². The number of hydrogen-bond acceptors (Lipinski definition) is 4.